The lowest BCUT2D eigenvalue weighted by Crippen LogP contribution is -2.22. The largest absolute Gasteiger partial charge is 0.379 e. The third-order valence-electron chi connectivity index (χ3n) is 2.63. The van der Waals surface area contributed by atoms with Crippen molar-refractivity contribution in [2.75, 3.05) is 19.7 Å². The molecule has 1 saturated heterocycles. The molecule has 1 fully saturated rings. The van der Waals surface area contributed by atoms with E-state index in [0.29, 0.717) is 6.10 Å². The lowest BCUT2D eigenvalue weighted by Gasteiger charge is -2.15. The van der Waals surface area contributed by atoms with Crippen molar-refractivity contribution in [3.63, 3.8) is 0 Å². The van der Waals surface area contributed by atoms with Crippen molar-refractivity contribution in [3.8, 4) is 0 Å². The van der Waals surface area contributed by atoms with Crippen LogP contribution in [-0.2, 0) is 4.74 Å². The summed E-state index contributed by atoms with van der Waals surface area (Å²) in [6.45, 7) is 7.55. The fourth-order valence-electron chi connectivity index (χ4n) is 1.81. The minimum Gasteiger partial charge on any atom is -0.379 e. The van der Waals surface area contributed by atoms with Crippen molar-refractivity contribution in [2.24, 2.45) is 5.92 Å². The van der Waals surface area contributed by atoms with Crippen LogP contribution < -0.4 is 5.32 Å². The Balaban J connectivity index is 2.05. The van der Waals surface area contributed by atoms with Crippen LogP contribution in [-0.4, -0.2) is 25.8 Å². The summed E-state index contributed by atoms with van der Waals surface area (Å²) < 4.78 is 5.56. The lowest BCUT2D eigenvalue weighted by molar-refractivity contribution is 0.0679. The number of hydrogen-bond acceptors (Lipinski definition) is 2. The van der Waals surface area contributed by atoms with E-state index in [1.807, 2.05) is 0 Å². The molecule has 0 aromatic rings. The van der Waals surface area contributed by atoms with Crippen LogP contribution in [0.4, 0.5) is 0 Å². The van der Waals surface area contributed by atoms with Gasteiger partial charge in [0.25, 0.3) is 0 Å². The van der Waals surface area contributed by atoms with Crippen LogP contribution in [0.25, 0.3) is 0 Å². The van der Waals surface area contributed by atoms with E-state index in [0.717, 1.165) is 12.5 Å². The van der Waals surface area contributed by atoms with Gasteiger partial charge < -0.3 is 10.1 Å². The van der Waals surface area contributed by atoms with Crippen molar-refractivity contribution >= 4 is 0 Å². The number of nitrogens with one attached hydrogen (secondary N) is 1. The molecule has 0 bridgehead atoms. The summed E-state index contributed by atoms with van der Waals surface area (Å²) in [5, 5.41) is 3.48. The van der Waals surface area contributed by atoms with E-state index in [9.17, 15) is 0 Å². The van der Waals surface area contributed by atoms with Gasteiger partial charge in [-0.3, -0.25) is 0 Å². The fourth-order valence-corrected chi connectivity index (χ4v) is 1.81. The van der Waals surface area contributed by atoms with Gasteiger partial charge in [0.05, 0.1) is 6.10 Å². The number of ether oxygens (including phenoxy) is 1. The topological polar surface area (TPSA) is 21.3 Å². The quantitative estimate of drug-likeness (QED) is 0.725. The predicted octanol–water partition coefficient (Wildman–Crippen LogP) is 2.19. The molecule has 0 saturated carbocycles. The molecule has 78 valence electrons. The normalized spacial score (nSPS) is 24.7. The molecule has 1 atom stereocenters. The highest BCUT2D eigenvalue weighted by Crippen LogP contribution is 2.14. The Kier molecular flexibility index (Phi) is 5.40. The molecule has 13 heavy (non-hydrogen) atoms. The molecule has 0 amide bonds. The maximum Gasteiger partial charge on any atom is 0.0518 e. The molecule has 1 heterocycles. The standard InChI is InChI=1S/C11H23NO/c1-10(2)13-8-6-11-5-3-4-7-12-9-11/h10-12H,3-9H2,1-2H3. The second-order valence-corrected chi connectivity index (χ2v) is 4.27. The molecule has 0 radical (unpaired) electrons. The third-order valence-corrected chi connectivity index (χ3v) is 2.63. The highest BCUT2D eigenvalue weighted by molar-refractivity contribution is 4.67. The molecule has 1 aliphatic rings. The van der Waals surface area contributed by atoms with Gasteiger partial charge in [-0.2, -0.15) is 0 Å². The Hall–Kier alpha value is -0.0800. The molecule has 1 N–H and O–H groups in total. The second kappa shape index (κ2) is 6.39. The smallest absolute Gasteiger partial charge is 0.0518 e. The van der Waals surface area contributed by atoms with E-state index < -0.39 is 0 Å². The monoisotopic (exact) mass is 185 g/mol. The molecule has 0 aromatic carbocycles. The van der Waals surface area contributed by atoms with Crippen molar-refractivity contribution in [1.82, 2.24) is 5.32 Å². The third kappa shape index (κ3) is 5.27. The van der Waals surface area contributed by atoms with Gasteiger partial charge in [-0.05, 0) is 52.1 Å². The first-order valence-corrected chi connectivity index (χ1v) is 5.61. The molecule has 2 heteroatoms. The van der Waals surface area contributed by atoms with Crippen molar-refractivity contribution in [1.29, 1.82) is 0 Å². The van der Waals surface area contributed by atoms with E-state index in [4.69, 9.17) is 4.74 Å². The van der Waals surface area contributed by atoms with Gasteiger partial charge in [0.1, 0.15) is 0 Å². The summed E-state index contributed by atoms with van der Waals surface area (Å²) in [5.41, 5.74) is 0. The lowest BCUT2D eigenvalue weighted by atomic mass is 10.0. The molecule has 1 aliphatic heterocycles. The second-order valence-electron chi connectivity index (χ2n) is 4.27. The van der Waals surface area contributed by atoms with Crippen LogP contribution in [0.2, 0.25) is 0 Å². The van der Waals surface area contributed by atoms with Crippen LogP contribution >= 0.6 is 0 Å². The zero-order chi connectivity index (χ0) is 9.52. The molecule has 2 nitrogen and oxygen atoms in total. The first-order chi connectivity index (χ1) is 6.29. The average Bonchev–Trinajstić information content (AvgIpc) is 2.32. The van der Waals surface area contributed by atoms with E-state index in [2.05, 4.69) is 19.2 Å². The van der Waals surface area contributed by atoms with Crippen molar-refractivity contribution < 1.29 is 4.74 Å². The first kappa shape index (κ1) is 11.0. The Bertz CT molecular complexity index is 117. The molecule has 0 aliphatic carbocycles. The zero-order valence-corrected chi connectivity index (χ0v) is 9.01. The Morgan fingerprint density at radius 2 is 2.23 bits per heavy atom. The fraction of sp³-hybridized carbons (Fsp3) is 1.00. The van der Waals surface area contributed by atoms with Crippen LogP contribution in [0.3, 0.4) is 0 Å². The summed E-state index contributed by atoms with van der Waals surface area (Å²) >= 11 is 0. The van der Waals surface area contributed by atoms with Gasteiger partial charge in [-0.25, -0.2) is 0 Å². The Morgan fingerprint density at radius 3 is 3.00 bits per heavy atom. The van der Waals surface area contributed by atoms with Gasteiger partial charge >= 0.3 is 0 Å². The minimum absolute atomic E-state index is 0.388. The number of hydrogen-bond donors (Lipinski definition) is 1. The molecule has 0 aromatic heterocycles. The van der Waals surface area contributed by atoms with E-state index >= 15 is 0 Å². The molecule has 1 unspecified atom stereocenters. The van der Waals surface area contributed by atoms with Gasteiger partial charge in [-0.15, -0.1) is 0 Å². The average molecular weight is 185 g/mol. The summed E-state index contributed by atoms with van der Waals surface area (Å²) in [6, 6.07) is 0. The summed E-state index contributed by atoms with van der Waals surface area (Å²) in [4.78, 5) is 0. The Labute approximate surface area is 82.0 Å². The SMILES string of the molecule is CC(C)OCCC1CCCCNC1. The van der Waals surface area contributed by atoms with Gasteiger partial charge in [0.15, 0.2) is 0 Å². The first-order valence-electron chi connectivity index (χ1n) is 5.61. The summed E-state index contributed by atoms with van der Waals surface area (Å²) in [5.74, 6) is 0.848. The summed E-state index contributed by atoms with van der Waals surface area (Å²) in [6.07, 6.45) is 5.74. The highest BCUT2D eigenvalue weighted by Gasteiger charge is 2.11. The molecular formula is C11H23NO. The Morgan fingerprint density at radius 1 is 1.38 bits per heavy atom. The van der Waals surface area contributed by atoms with Crippen molar-refractivity contribution in [3.05, 3.63) is 0 Å². The van der Waals surface area contributed by atoms with E-state index in [1.54, 1.807) is 0 Å². The van der Waals surface area contributed by atoms with Gasteiger partial charge in [-0.1, -0.05) is 6.42 Å². The van der Waals surface area contributed by atoms with Crippen LogP contribution in [0.1, 0.15) is 39.5 Å². The minimum atomic E-state index is 0.388. The molecule has 0 spiro atoms. The maximum atomic E-state index is 5.56. The van der Waals surface area contributed by atoms with Crippen LogP contribution in [0.15, 0.2) is 0 Å². The predicted molar refractivity (Wildman–Crippen MR) is 55.9 cm³/mol. The summed E-state index contributed by atoms with van der Waals surface area (Å²) in [7, 11) is 0. The van der Waals surface area contributed by atoms with Gasteiger partial charge in [0.2, 0.25) is 0 Å². The van der Waals surface area contributed by atoms with E-state index in [1.165, 1.54) is 38.8 Å². The van der Waals surface area contributed by atoms with Crippen LogP contribution in [0, 0.1) is 5.92 Å². The number of rotatable bonds is 4. The molecular weight excluding hydrogens is 162 g/mol. The van der Waals surface area contributed by atoms with E-state index in [-0.39, 0.29) is 0 Å². The maximum absolute atomic E-state index is 5.56. The van der Waals surface area contributed by atoms with Gasteiger partial charge in [0, 0.05) is 6.61 Å². The van der Waals surface area contributed by atoms with Crippen molar-refractivity contribution in [2.45, 2.75) is 45.6 Å². The molecule has 1 rings (SSSR count). The van der Waals surface area contributed by atoms with Crippen LogP contribution in [0.5, 0.6) is 0 Å². The zero-order valence-electron chi connectivity index (χ0n) is 9.01. The highest BCUT2D eigenvalue weighted by atomic mass is 16.5.